The van der Waals surface area contributed by atoms with Crippen molar-refractivity contribution in [3.05, 3.63) is 105 Å². The van der Waals surface area contributed by atoms with Crippen LogP contribution in [0.15, 0.2) is 76.4 Å². The number of hydrogen-bond donors (Lipinski definition) is 1. The van der Waals surface area contributed by atoms with Crippen molar-refractivity contribution in [1.29, 1.82) is 0 Å². The van der Waals surface area contributed by atoms with Gasteiger partial charge in [0.2, 0.25) is 5.91 Å². The second-order valence-electron chi connectivity index (χ2n) is 7.14. The molecule has 8 heteroatoms. The average Bonchev–Trinajstić information content (AvgIpc) is 2.77. The molecule has 31 heavy (non-hydrogen) atoms. The van der Waals surface area contributed by atoms with E-state index >= 15 is 0 Å². The number of aromatic nitrogens is 3. The van der Waals surface area contributed by atoms with E-state index in [0.29, 0.717) is 0 Å². The van der Waals surface area contributed by atoms with Crippen LogP contribution in [0.1, 0.15) is 11.1 Å². The van der Waals surface area contributed by atoms with Crippen LogP contribution in [0.4, 0.5) is 10.1 Å². The molecule has 0 spiro atoms. The van der Waals surface area contributed by atoms with Crippen LogP contribution >= 0.6 is 0 Å². The van der Waals surface area contributed by atoms with Gasteiger partial charge in [0.1, 0.15) is 12.4 Å². The summed E-state index contributed by atoms with van der Waals surface area (Å²) < 4.78 is 16.1. The van der Waals surface area contributed by atoms with E-state index in [4.69, 9.17) is 0 Å². The number of carbonyl (C=O) groups excluding carboxylic acids is 1. The van der Waals surface area contributed by atoms with Crippen molar-refractivity contribution >= 4 is 22.6 Å². The molecule has 7 nitrogen and oxygen atoms in total. The molecule has 0 aliphatic heterocycles. The van der Waals surface area contributed by atoms with Gasteiger partial charge in [0.05, 0.1) is 17.7 Å². The van der Waals surface area contributed by atoms with Gasteiger partial charge in [-0.05, 0) is 36.8 Å². The number of nitrogens with zero attached hydrogens (tertiary/aromatic N) is 3. The minimum absolute atomic E-state index is 0.0101. The summed E-state index contributed by atoms with van der Waals surface area (Å²) >= 11 is 0. The first kappa shape index (κ1) is 20.2. The third kappa shape index (κ3) is 4.13. The molecular weight excluding hydrogens is 399 g/mol. The molecule has 156 valence electrons. The first-order chi connectivity index (χ1) is 14.9. The Hall–Kier alpha value is -4.07. The van der Waals surface area contributed by atoms with E-state index in [1.165, 1.54) is 29.0 Å². The van der Waals surface area contributed by atoms with E-state index in [-0.39, 0.29) is 23.3 Å². The van der Waals surface area contributed by atoms with Crippen LogP contribution < -0.4 is 16.6 Å². The standard InChI is InChI=1S/C23H19FN4O3/c1-15-8-10-16(11-9-15)13-28-22(30)21-19(7-4-12-25-21)27(23(28)31)14-20(29)26-18-6-3-2-5-17(18)24/h2-12H,13-14H2,1H3,(H,26,29). The zero-order valence-corrected chi connectivity index (χ0v) is 16.7. The predicted molar refractivity (Wildman–Crippen MR) is 116 cm³/mol. The van der Waals surface area contributed by atoms with Gasteiger partial charge in [-0.1, -0.05) is 42.0 Å². The van der Waals surface area contributed by atoms with E-state index < -0.39 is 29.5 Å². The number of hydrogen-bond acceptors (Lipinski definition) is 4. The number of fused-ring (bicyclic) bond motifs is 1. The second kappa shape index (κ2) is 8.35. The van der Waals surface area contributed by atoms with Gasteiger partial charge >= 0.3 is 5.69 Å². The van der Waals surface area contributed by atoms with Crippen LogP contribution in [0.25, 0.3) is 11.0 Å². The van der Waals surface area contributed by atoms with Crippen molar-refractivity contribution in [2.24, 2.45) is 0 Å². The largest absolute Gasteiger partial charge is 0.332 e. The van der Waals surface area contributed by atoms with Gasteiger partial charge in [-0.2, -0.15) is 0 Å². The van der Waals surface area contributed by atoms with Crippen LogP contribution in [0.3, 0.4) is 0 Å². The fraction of sp³-hybridized carbons (Fsp3) is 0.130. The molecule has 2 heterocycles. The number of nitrogens with one attached hydrogen (secondary N) is 1. The second-order valence-corrected chi connectivity index (χ2v) is 7.14. The third-order valence-corrected chi connectivity index (χ3v) is 4.90. The van der Waals surface area contributed by atoms with Crippen LogP contribution in [-0.4, -0.2) is 20.0 Å². The van der Waals surface area contributed by atoms with Crippen molar-refractivity contribution in [3.63, 3.8) is 0 Å². The van der Waals surface area contributed by atoms with Gasteiger partial charge in [-0.15, -0.1) is 0 Å². The summed E-state index contributed by atoms with van der Waals surface area (Å²) in [6.45, 7) is 1.58. The number of anilines is 1. The van der Waals surface area contributed by atoms with E-state index in [9.17, 15) is 18.8 Å². The van der Waals surface area contributed by atoms with Gasteiger partial charge < -0.3 is 5.32 Å². The molecule has 0 saturated carbocycles. The maximum atomic E-state index is 13.9. The van der Waals surface area contributed by atoms with E-state index in [1.54, 1.807) is 18.2 Å². The summed E-state index contributed by atoms with van der Waals surface area (Å²) in [5.74, 6) is -1.18. The lowest BCUT2D eigenvalue weighted by molar-refractivity contribution is -0.116. The molecule has 1 amide bonds. The first-order valence-electron chi connectivity index (χ1n) is 9.62. The molecule has 0 fully saturated rings. The maximum Gasteiger partial charge on any atom is 0.332 e. The highest BCUT2D eigenvalue weighted by Crippen LogP contribution is 2.13. The van der Waals surface area contributed by atoms with Crippen molar-refractivity contribution in [3.8, 4) is 0 Å². The van der Waals surface area contributed by atoms with Gasteiger partial charge in [0.25, 0.3) is 5.56 Å². The van der Waals surface area contributed by atoms with Crippen LogP contribution in [0, 0.1) is 12.7 Å². The van der Waals surface area contributed by atoms with Gasteiger partial charge in [0.15, 0.2) is 5.52 Å². The molecular formula is C23H19FN4O3. The van der Waals surface area contributed by atoms with Crippen LogP contribution in [0.2, 0.25) is 0 Å². The number of para-hydroxylation sites is 1. The highest BCUT2D eigenvalue weighted by Gasteiger charge is 2.17. The Bertz CT molecular complexity index is 1390. The number of aryl methyl sites for hydroxylation is 1. The minimum atomic E-state index is -0.644. The first-order valence-corrected chi connectivity index (χ1v) is 9.62. The van der Waals surface area contributed by atoms with Crippen LogP contribution in [0.5, 0.6) is 0 Å². The number of amides is 1. The zero-order chi connectivity index (χ0) is 22.0. The smallest absolute Gasteiger partial charge is 0.322 e. The normalized spacial score (nSPS) is 10.9. The van der Waals surface area contributed by atoms with E-state index in [1.807, 2.05) is 31.2 Å². The molecule has 0 unspecified atom stereocenters. The fourth-order valence-electron chi connectivity index (χ4n) is 3.31. The zero-order valence-electron chi connectivity index (χ0n) is 16.7. The Morgan fingerprint density at radius 1 is 1.00 bits per heavy atom. The Morgan fingerprint density at radius 2 is 1.74 bits per heavy atom. The molecule has 4 rings (SSSR count). The highest BCUT2D eigenvalue weighted by atomic mass is 19.1. The quantitative estimate of drug-likeness (QED) is 0.540. The van der Waals surface area contributed by atoms with Crippen molar-refractivity contribution < 1.29 is 9.18 Å². The van der Waals surface area contributed by atoms with Crippen LogP contribution in [-0.2, 0) is 17.9 Å². The van der Waals surface area contributed by atoms with Gasteiger partial charge in [0, 0.05) is 6.20 Å². The predicted octanol–water partition coefficient (Wildman–Crippen LogP) is 2.69. The molecule has 0 radical (unpaired) electrons. The molecule has 0 aliphatic rings. The summed E-state index contributed by atoms with van der Waals surface area (Å²) in [5.41, 5.74) is 0.966. The Morgan fingerprint density at radius 3 is 2.48 bits per heavy atom. The molecule has 0 bridgehead atoms. The number of rotatable bonds is 5. The average molecular weight is 418 g/mol. The number of benzene rings is 2. The summed E-state index contributed by atoms with van der Waals surface area (Å²) in [7, 11) is 0. The molecule has 0 atom stereocenters. The molecule has 1 N–H and O–H groups in total. The summed E-state index contributed by atoms with van der Waals surface area (Å²) in [4.78, 5) is 42.8. The SMILES string of the molecule is Cc1ccc(Cn2c(=O)c3ncccc3n(CC(=O)Nc3ccccc3F)c2=O)cc1. The Kier molecular flexibility index (Phi) is 5.44. The molecule has 4 aromatic rings. The van der Waals surface area contributed by atoms with Gasteiger partial charge in [-0.25, -0.2) is 14.2 Å². The van der Waals surface area contributed by atoms with E-state index in [0.717, 1.165) is 15.7 Å². The van der Waals surface area contributed by atoms with Crippen molar-refractivity contribution in [2.45, 2.75) is 20.0 Å². The lowest BCUT2D eigenvalue weighted by Gasteiger charge is -2.14. The minimum Gasteiger partial charge on any atom is -0.322 e. The Labute approximate surface area is 176 Å². The number of pyridine rings is 1. The summed E-state index contributed by atoms with van der Waals surface area (Å²) in [6, 6.07) is 16.3. The maximum absolute atomic E-state index is 13.9. The lowest BCUT2D eigenvalue weighted by atomic mass is 10.1. The molecule has 0 aliphatic carbocycles. The highest BCUT2D eigenvalue weighted by molar-refractivity contribution is 5.91. The lowest BCUT2D eigenvalue weighted by Crippen LogP contribution is -2.42. The monoisotopic (exact) mass is 418 g/mol. The third-order valence-electron chi connectivity index (χ3n) is 4.90. The molecule has 0 saturated heterocycles. The van der Waals surface area contributed by atoms with Crippen molar-refractivity contribution in [2.75, 3.05) is 5.32 Å². The summed E-state index contributed by atoms with van der Waals surface area (Å²) in [6.07, 6.45) is 1.45. The van der Waals surface area contributed by atoms with Crippen molar-refractivity contribution in [1.82, 2.24) is 14.1 Å². The molecule has 2 aromatic heterocycles. The fourth-order valence-corrected chi connectivity index (χ4v) is 3.31. The summed E-state index contributed by atoms with van der Waals surface area (Å²) in [5, 5.41) is 2.46. The topological polar surface area (TPSA) is 86.0 Å². The Balaban J connectivity index is 1.76. The number of carbonyl (C=O) groups is 1. The van der Waals surface area contributed by atoms with E-state index in [2.05, 4.69) is 10.3 Å². The van der Waals surface area contributed by atoms with Gasteiger partial charge in [-0.3, -0.25) is 18.7 Å². The number of halogens is 1. The molecule has 2 aromatic carbocycles.